The number of rotatable bonds is 21. The van der Waals surface area contributed by atoms with E-state index in [1.165, 1.54) is 49.3 Å². The highest BCUT2D eigenvalue weighted by Gasteiger charge is 2.63. The van der Waals surface area contributed by atoms with Crippen molar-refractivity contribution in [3.05, 3.63) is 44.0 Å². The molecule has 0 aromatic carbocycles. The summed E-state index contributed by atoms with van der Waals surface area (Å²) in [4.78, 5) is 43.7. The van der Waals surface area contributed by atoms with Crippen LogP contribution in [0.25, 0.3) is 4.85 Å². The van der Waals surface area contributed by atoms with Crippen molar-refractivity contribution in [3.8, 4) is 11.8 Å². The topological polar surface area (TPSA) is 128 Å². The largest absolute Gasteiger partial charge is 0.368 e. The molecule has 2 fully saturated rings. The Morgan fingerprint density at radius 1 is 1.15 bits per heavy atom. The number of carbonyl (C=O) groups excluding carboxylic acids is 1. The number of hydrogen-bond acceptors (Lipinski definition) is 8. The van der Waals surface area contributed by atoms with Crippen molar-refractivity contribution < 1.29 is 23.3 Å². The summed E-state index contributed by atoms with van der Waals surface area (Å²) in [6.07, 6.45) is 11.0. The molecule has 2 saturated heterocycles. The Hall–Kier alpha value is -2.57. The van der Waals surface area contributed by atoms with Crippen LogP contribution in [0.1, 0.15) is 124 Å². The van der Waals surface area contributed by atoms with Crippen LogP contribution in [0.5, 0.6) is 0 Å². The van der Waals surface area contributed by atoms with Crippen LogP contribution in [0.15, 0.2) is 15.8 Å². The molecular weight excluding hydrogens is 633 g/mol. The van der Waals surface area contributed by atoms with Gasteiger partial charge in [0.15, 0.2) is 6.23 Å². The maximum atomic E-state index is 13.1. The van der Waals surface area contributed by atoms with Crippen LogP contribution in [0.3, 0.4) is 0 Å². The SMILES string of the molecule is [C-]#[N+]CCOP(OC1[C@@H]2OC[C@]1(CC)O[C@H]2n1cc(C#CCNC(=O)CCCCCCCCCCC)c(=O)[nH]c1=O)N(C(C)C)C(C)C. The minimum Gasteiger partial charge on any atom is -0.368 e. The lowest BCUT2D eigenvalue weighted by Crippen LogP contribution is -2.43. The first-order valence-corrected chi connectivity index (χ1v) is 18.8. The summed E-state index contributed by atoms with van der Waals surface area (Å²) in [5.74, 6) is 5.57. The van der Waals surface area contributed by atoms with Gasteiger partial charge in [-0.15, -0.1) is 0 Å². The van der Waals surface area contributed by atoms with E-state index in [0.717, 1.165) is 19.3 Å². The first-order chi connectivity index (χ1) is 23.1. The standard InChI is InChI=1S/C35H56N5O7P/c1-8-10-11-12-13-14-15-16-17-20-29(41)37-21-18-19-28-24-39(34(43)38-32(28)42)33-30-31(35(9-2,46-33)25-44-30)47-48(45-23-22-36-7)40(26(3)4)27(5)6/h24,26-27,30-31,33H,8-17,20-23,25H2,1-6H3,(H,37,41)(H,38,42,43)/t30-,31?,33+,35-,48?/m0/s1. The molecule has 3 rings (SSSR count). The summed E-state index contributed by atoms with van der Waals surface area (Å²) < 4.78 is 29.0. The van der Waals surface area contributed by atoms with E-state index in [1.54, 1.807) is 0 Å². The van der Waals surface area contributed by atoms with Gasteiger partial charge in [0.05, 0.1) is 13.2 Å². The van der Waals surface area contributed by atoms with E-state index in [4.69, 9.17) is 25.1 Å². The average molecular weight is 690 g/mol. The first kappa shape index (κ1) is 39.9. The van der Waals surface area contributed by atoms with Crippen molar-refractivity contribution in [1.82, 2.24) is 19.5 Å². The van der Waals surface area contributed by atoms with Gasteiger partial charge in [0.25, 0.3) is 14.1 Å². The summed E-state index contributed by atoms with van der Waals surface area (Å²) >= 11 is 0. The number of aromatic nitrogens is 2. The van der Waals surface area contributed by atoms with Gasteiger partial charge >= 0.3 is 5.69 Å². The lowest BCUT2D eigenvalue weighted by atomic mass is 9.96. The van der Waals surface area contributed by atoms with Gasteiger partial charge < -0.3 is 28.7 Å². The maximum absolute atomic E-state index is 13.1. The van der Waals surface area contributed by atoms with Crippen LogP contribution in [-0.2, 0) is 23.3 Å². The Bertz CT molecular complexity index is 1370. The van der Waals surface area contributed by atoms with Gasteiger partial charge in [-0.25, -0.2) is 16.0 Å². The van der Waals surface area contributed by atoms with Gasteiger partial charge in [0, 0.05) is 24.7 Å². The van der Waals surface area contributed by atoms with E-state index in [1.807, 2.05) is 6.92 Å². The van der Waals surface area contributed by atoms with Crippen LogP contribution < -0.4 is 16.6 Å². The van der Waals surface area contributed by atoms with E-state index < -0.39 is 43.8 Å². The van der Waals surface area contributed by atoms with Gasteiger partial charge in [-0.3, -0.25) is 19.1 Å². The summed E-state index contributed by atoms with van der Waals surface area (Å²) in [5, 5.41) is 2.80. The van der Waals surface area contributed by atoms with Crippen molar-refractivity contribution in [2.75, 3.05) is 26.3 Å². The Kier molecular flexibility index (Phi) is 16.8. The van der Waals surface area contributed by atoms with E-state index in [9.17, 15) is 14.4 Å². The normalized spacial score (nSPS) is 22.2. The van der Waals surface area contributed by atoms with E-state index in [2.05, 4.69) is 66.3 Å². The van der Waals surface area contributed by atoms with E-state index in [0.29, 0.717) is 12.8 Å². The maximum Gasteiger partial charge on any atom is 0.330 e. The molecule has 48 heavy (non-hydrogen) atoms. The molecule has 0 radical (unpaired) electrons. The zero-order valence-corrected chi connectivity index (χ0v) is 30.6. The molecule has 2 unspecified atom stereocenters. The molecule has 13 heteroatoms. The average Bonchev–Trinajstić information content (AvgIpc) is 3.54. The molecule has 1 aromatic heterocycles. The molecule has 0 aliphatic carbocycles. The summed E-state index contributed by atoms with van der Waals surface area (Å²) in [7, 11) is -1.58. The van der Waals surface area contributed by atoms with Crippen molar-refractivity contribution in [3.63, 3.8) is 0 Å². The lowest BCUT2D eigenvalue weighted by Gasteiger charge is -2.38. The molecule has 0 spiro atoms. The molecule has 1 aromatic rings. The Labute approximate surface area is 287 Å². The predicted molar refractivity (Wildman–Crippen MR) is 187 cm³/mol. The van der Waals surface area contributed by atoms with Gasteiger partial charge in [-0.05, 0) is 40.5 Å². The second-order valence-electron chi connectivity index (χ2n) is 13.1. The minimum atomic E-state index is -1.58. The van der Waals surface area contributed by atoms with Crippen molar-refractivity contribution >= 4 is 14.4 Å². The second kappa shape index (κ2) is 20.2. The van der Waals surface area contributed by atoms with Crippen LogP contribution in [0, 0.1) is 18.4 Å². The van der Waals surface area contributed by atoms with Gasteiger partial charge in [0.2, 0.25) is 12.5 Å². The van der Waals surface area contributed by atoms with Crippen molar-refractivity contribution in [1.29, 1.82) is 0 Å². The molecule has 268 valence electrons. The Morgan fingerprint density at radius 3 is 2.44 bits per heavy atom. The monoisotopic (exact) mass is 689 g/mol. The minimum absolute atomic E-state index is 0.0684. The lowest BCUT2D eigenvalue weighted by molar-refractivity contribution is -0.175. The third-order valence-corrected chi connectivity index (χ3v) is 10.9. The number of carbonyl (C=O) groups is 1. The van der Waals surface area contributed by atoms with E-state index >= 15 is 0 Å². The molecule has 0 saturated carbocycles. The summed E-state index contributed by atoms with van der Waals surface area (Å²) in [5.41, 5.74) is -2.02. The highest BCUT2D eigenvalue weighted by Crippen LogP contribution is 2.55. The highest BCUT2D eigenvalue weighted by molar-refractivity contribution is 7.44. The fraction of sp³-hybridized carbons (Fsp3) is 0.771. The molecular formula is C35H56N5O7P. The molecule has 2 aliphatic rings. The predicted octanol–water partition coefficient (Wildman–Crippen LogP) is 5.67. The van der Waals surface area contributed by atoms with Crippen LogP contribution >= 0.6 is 8.53 Å². The number of ether oxygens (including phenoxy) is 2. The molecule has 5 atom stereocenters. The molecule has 2 aliphatic heterocycles. The number of fused-ring (bicyclic) bond motifs is 2. The van der Waals surface area contributed by atoms with Gasteiger partial charge in [0.1, 0.15) is 30.0 Å². The summed E-state index contributed by atoms with van der Waals surface area (Å²) in [6, 6.07) is 0.224. The summed E-state index contributed by atoms with van der Waals surface area (Å²) in [6.45, 7) is 20.5. The number of H-pyrrole nitrogens is 1. The number of unbranched alkanes of at least 4 members (excludes halogenated alkanes) is 8. The Morgan fingerprint density at radius 2 is 1.81 bits per heavy atom. The molecule has 2 N–H and O–H groups in total. The van der Waals surface area contributed by atoms with Crippen LogP contribution in [-0.4, -0.2) is 76.3 Å². The zero-order valence-electron chi connectivity index (χ0n) is 29.7. The third kappa shape index (κ3) is 11.0. The van der Waals surface area contributed by atoms with Crippen molar-refractivity contribution in [2.45, 2.75) is 148 Å². The first-order valence-electron chi connectivity index (χ1n) is 17.7. The number of hydrogen-bond donors (Lipinski definition) is 2. The van der Waals surface area contributed by atoms with Crippen LogP contribution in [0.4, 0.5) is 0 Å². The molecule has 1 amide bonds. The Balaban J connectivity index is 1.65. The molecule has 12 nitrogen and oxygen atoms in total. The number of nitrogens with one attached hydrogen (secondary N) is 2. The molecule has 2 bridgehead atoms. The second-order valence-corrected chi connectivity index (χ2v) is 14.5. The van der Waals surface area contributed by atoms with Crippen molar-refractivity contribution in [2.24, 2.45) is 0 Å². The smallest absolute Gasteiger partial charge is 0.330 e. The number of aromatic amines is 1. The fourth-order valence-electron chi connectivity index (χ4n) is 6.22. The molecule has 3 heterocycles. The van der Waals surface area contributed by atoms with E-state index in [-0.39, 0.29) is 49.9 Å². The third-order valence-electron chi connectivity index (χ3n) is 8.77. The number of nitrogens with zero attached hydrogens (tertiary/aromatic N) is 3. The number of amides is 1. The fourth-order valence-corrected chi connectivity index (χ4v) is 8.02. The van der Waals surface area contributed by atoms with Gasteiger partial charge in [-0.1, -0.05) is 77.1 Å². The van der Waals surface area contributed by atoms with Crippen LogP contribution in [0.2, 0.25) is 0 Å². The highest BCUT2D eigenvalue weighted by atomic mass is 31.2. The quantitative estimate of drug-likeness (QED) is 0.0732. The zero-order chi connectivity index (χ0) is 35.1. The van der Waals surface area contributed by atoms with Gasteiger partial charge in [-0.2, -0.15) is 0 Å².